The quantitative estimate of drug-likeness (QED) is 0.878. The molecule has 3 rings (SSSR count). The van der Waals surface area contributed by atoms with Gasteiger partial charge in [0.05, 0.1) is 17.3 Å². The molecule has 0 aromatic carbocycles. The standard InChI is InChI=1S/C12H13N3O3S2/c1-6-7-5-19-12(20(2,17)18)9(7)11(16)14-10(6)8-3-4-13-15-8/h3-6,10H,1-2H3,(H,13,15)(H,14,16). The Labute approximate surface area is 120 Å². The van der Waals surface area contributed by atoms with E-state index in [1.54, 1.807) is 17.6 Å². The van der Waals surface area contributed by atoms with Gasteiger partial charge in [-0.05, 0) is 17.0 Å². The number of sulfone groups is 1. The summed E-state index contributed by atoms with van der Waals surface area (Å²) in [4.78, 5) is 12.3. The van der Waals surface area contributed by atoms with E-state index in [1.807, 2.05) is 6.92 Å². The number of hydrogen-bond acceptors (Lipinski definition) is 5. The summed E-state index contributed by atoms with van der Waals surface area (Å²) in [6, 6.07) is 1.58. The van der Waals surface area contributed by atoms with Gasteiger partial charge in [-0.2, -0.15) is 5.10 Å². The highest BCUT2D eigenvalue weighted by Gasteiger charge is 2.37. The molecule has 2 unspecified atom stereocenters. The van der Waals surface area contributed by atoms with Crippen LogP contribution in [0.2, 0.25) is 0 Å². The predicted molar refractivity (Wildman–Crippen MR) is 74.6 cm³/mol. The fourth-order valence-electron chi connectivity index (χ4n) is 2.49. The van der Waals surface area contributed by atoms with Gasteiger partial charge in [0.25, 0.3) is 5.91 Å². The highest BCUT2D eigenvalue weighted by Crippen LogP contribution is 2.41. The van der Waals surface area contributed by atoms with Gasteiger partial charge in [0.15, 0.2) is 9.84 Å². The fraction of sp³-hybridized carbons (Fsp3) is 0.333. The van der Waals surface area contributed by atoms with Crippen molar-refractivity contribution in [3.63, 3.8) is 0 Å². The second-order valence-electron chi connectivity index (χ2n) is 4.88. The van der Waals surface area contributed by atoms with Crippen molar-refractivity contribution in [2.24, 2.45) is 0 Å². The first kappa shape index (κ1) is 13.3. The van der Waals surface area contributed by atoms with Gasteiger partial charge in [-0.25, -0.2) is 8.42 Å². The Kier molecular flexibility index (Phi) is 2.94. The van der Waals surface area contributed by atoms with E-state index < -0.39 is 9.84 Å². The van der Waals surface area contributed by atoms with Gasteiger partial charge in [0.1, 0.15) is 4.21 Å². The molecule has 2 aromatic rings. The Balaban J connectivity index is 2.11. The van der Waals surface area contributed by atoms with Crippen LogP contribution < -0.4 is 5.32 Å². The summed E-state index contributed by atoms with van der Waals surface area (Å²) in [5.74, 6) is -0.366. The van der Waals surface area contributed by atoms with Crippen molar-refractivity contribution in [3.8, 4) is 0 Å². The normalized spacial score (nSPS) is 22.4. The second-order valence-corrected chi connectivity index (χ2v) is 7.97. The maximum absolute atomic E-state index is 12.3. The van der Waals surface area contributed by atoms with E-state index in [2.05, 4.69) is 15.5 Å². The van der Waals surface area contributed by atoms with Crippen molar-refractivity contribution >= 4 is 27.1 Å². The molecule has 0 saturated heterocycles. The van der Waals surface area contributed by atoms with Crippen LogP contribution in [-0.4, -0.2) is 30.8 Å². The average molecular weight is 311 g/mol. The van der Waals surface area contributed by atoms with Crippen molar-refractivity contribution in [1.29, 1.82) is 0 Å². The lowest BCUT2D eigenvalue weighted by molar-refractivity contribution is 0.0912. The van der Waals surface area contributed by atoms with Crippen molar-refractivity contribution in [3.05, 3.63) is 34.5 Å². The van der Waals surface area contributed by atoms with Crippen LogP contribution in [0.5, 0.6) is 0 Å². The van der Waals surface area contributed by atoms with E-state index in [-0.39, 0.29) is 22.1 Å². The maximum atomic E-state index is 12.3. The highest BCUT2D eigenvalue weighted by molar-refractivity contribution is 7.92. The minimum Gasteiger partial charge on any atom is -0.343 e. The summed E-state index contributed by atoms with van der Waals surface area (Å²) in [6.45, 7) is 1.96. The number of nitrogens with zero attached hydrogens (tertiary/aromatic N) is 1. The summed E-state index contributed by atoms with van der Waals surface area (Å²) >= 11 is 1.10. The molecule has 6 nitrogen and oxygen atoms in total. The molecule has 1 amide bonds. The first-order valence-corrected chi connectivity index (χ1v) is 8.78. The van der Waals surface area contributed by atoms with Gasteiger partial charge in [-0.15, -0.1) is 11.3 Å². The second kappa shape index (κ2) is 4.42. The molecule has 2 atom stereocenters. The van der Waals surface area contributed by atoms with Crippen LogP contribution in [0.4, 0.5) is 0 Å². The minimum absolute atomic E-state index is 0.0186. The summed E-state index contributed by atoms with van der Waals surface area (Å²) in [5, 5.41) is 11.4. The first-order valence-electron chi connectivity index (χ1n) is 6.01. The summed E-state index contributed by atoms with van der Waals surface area (Å²) in [6.07, 6.45) is 2.75. The molecule has 0 saturated carbocycles. The lowest BCUT2D eigenvalue weighted by atomic mass is 9.87. The molecule has 0 bridgehead atoms. The van der Waals surface area contributed by atoms with Crippen LogP contribution in [0.1, 0.15) is 40.5 Å². The van der Waals surface area contributed by atoms with Crippen molar-refractivity contribution in [2.45, 2.75) is 23.1 Å². The van der Waals surface area contributed by atoms with Crippen molar-refractivity contribution in [2.75, 3.05) is 6.26 Å². The van der Waals surface area contributed by atoms with Crippen LogP contribution >= 0.6 is 11.3 Å². The number of aromatic amines is 1. The van der Waals surface area contributed by atoms with Gasteiger partial charge in [-0.3, -0.25) is 9.89 Å². The number of hydrogen-bond donors (Lipinski definition) is 2. The Morgan fingerprint density at radius 2 is 2.15 bits per heavy atom. The van der Waals surface area contributed by atoms with Crippen LogP contribution in [0.15, 0.2) is 21.9 Å². The van der Waals surface area contributed by atoms with Crippen LogP contribution in [0, 0.1) is 0 Å². The lowest BCUT2D eigenvalue weighted by Crippen LogP contribution is -2.37. The third-order valence-electron chi connectivity index (χ3n) is 3.48. The number of thiophene rings is 1. The summed E-state index contributed by atoms with van der Waals surface area (Å²) in [5.41, 5.74) is 1.88. The topological polar surface area (TPSA) is 91.9 Å². The number of rotatable bonds is 2. The van der Waals surface area contributed by atoms with Crippen molar-refractivity contribution < 1.29 is 13.2 Å². The molecule has 8 heteroatoms. The Hall–Kier alpha value is -1.67. The molecule has 0 radical (unpaired) electrons. The van der Waals surface area contributed by atoms with Crippen LogP contribution in [-0.2, 0) is 9.84 Å². The third kappa shape index (κ3) is 1.95. The van der Waals surface area contributed by atoms with E-state index in [0.29, 0.717) is 5.56 Å². The molecular formula is C12H13N3O3S2. The van der Waals surface area contributed by atoms with E-state index in [9.17, 15) is 13.2 Å². The van der Waals surface area contributed by atoms with E-state index in [1.165, 1.54) is 0 Å². The Bertz CT molecular complexity index is 762. The van der Waals surface area contributed by atoms with E-state index in [4.69, 9.17) is 0 Å². The molecule has 0 aliphatic carbocycles. The number of fused-ring (bicyclic) bond motifs is 1. The van der Waals surface area contributed by atoms with Gasteiger partial charge < -0.3 is 5.32 Å². The zero-order valence-corrected chi connectivity index (χ0v) is 12.5. The molecular weight excluding hydrogens is 298 g/mol. The zero-order chi connectivity index (χ0) is 14.5. The number of carbonyl (C=O) groups is 1. The number of carbonyl (C=O) groups excluding carboxylic acids is 1. The SMILES string of the molecule is CC1c2csc(S(C)(=O)=O)c2C(=O)NC1c1ccn[nH]1. The smallest absolute Gasteiger partial charge is 0.254 e. The molecule has 2 N–H and O–H groups in total. The van der Waals surface area contributed by atoms with Gasteiger partial charge in [0, 0.05) is 18.4 Å². The molecule has 0 spiro atoms. The maximum Gasteiger partial charge on any atom is 0.254 e. The summed E-state index contributed by atoms with van der Waals surface area (Å²) < 4.78 is 23.6. The Morgan fingerprint density at radius 3 is 2.75 bits per heavy atom. The monoisotopic (exact) mass is 311 g/mol. The molecule has 106 valence electrons. The largest absolute Gasteiger partial charge is 0.343 e. The number of nitrogens with one attached hydrogen (secondary N) is 2. The number of H-pyrrole nitrogens is 1. The van der Waals surface area contributed by atoms with Gasteiger partial charge in [-0.1, -0.05) is 6.92 Å². The van der Waals surface area contributed by atoms with Gasteiger partial charge in [0.2, 0.25) is 0 Å². The summed E-state index contributed by atoms with van der Waals surface area (Å²) in [7, 11) is -3.39. The molecule has 2 aromatic heterocycles. The minimum atomic E-state index is -3.39. The Morgan fingerprint density at radius 1 is 1.40 bits per heavy atom. The lowest BCUT2D eigenvalue weighted by Gasteiger charge is -2.29. The molecule has 1 aliphatic rings. The van der Waals surface area contributed by atoms with Gasteiger partial charge >= 0.3 is 0 Å². The molecule has 1 aliphatic heterocycles. The van der Waals surface area contributed by atoms with Crippen molar-refractivity contribution in [1.82, 2.24) is 15.5 Å². The van der Waals surface area contributed by atoms with E-state index in [0.717, 1.165) is 28.8 Å². The first-order chi connectivity index (χ1) is 9.39. The number of amides is 1. The molecule has 0 fully saturated rings. The van der Waals surface area contributed by atoms with Crippen LogP contribution in [0.3, 0.4) is 0 Å². The molecule has 20 heavy (non-hydrogen) atoms. The predicted octanol–water partition coefficient (Wildman–Crippen LogP) is 1.46. The highest BCUT2D eigenvalue weighted by atomic mass is 32.2. The molecule has 3 heterocycles. The zero-order valence-electron chi connectivity index (χ0n) is 10.9. The fourth-order valence-corrected chi connectivity index (χ4v) is 4.81. The third-order valence-corrected chi connectivity index (χ3v) is 6.35. The van der Waals surface area contributed by atoms with Crippen LogP contribution in [0.25, 0.3) is 0 Å². The van der Waals surface area contributed by atoms with E-state index >= 15 is 0 Å². The number of aromatic nitrogens is 2. The average Bonchev–Trinajstić information content (AvgIpc) is 3.00.